The fourth-order valence-corrected chi connectivity index (χ4v) is 11.7. The van der Waals surface area contributed by atoms with Crippen LogP contribution in [-0.2, 0) is 4.79 Å². The Kier molecular flexibility index (Phi) is 9.97. The van der Waals surface area contributed by atoms with Crippen LogP contribution in [0.15, 0.2) is 261 Å². The maximum Gasteiger partial charge on any atom is 0.211 e. The summed E-state index contributed by atoms with van der Waals surface area (Å²) in [5.41, 5.74) is 18.7. The molecular weight excluding hydrogens is 887 g/mol. The fourth-order valence-electron chi connectivity index (χ4n) is 11.7. The van der Waals surface area contributed by atoms with Crippen molar-refractivity contribution in [2.24, 2.45) is 0 Å². The Morgan fingerprint density at radius 3 is 1.26 bits per heavy atom. The molecule has 0 unspecified atom stereocenters. The predicted molar refractivity (Wildman–Crippen MR) is 307 cm³/mol. The molecule has 1 amide bonds. The van der Waals surface area contributed by atoms with E-state index in [-0.39, 0.29) is 0 Å². The first-order valence-corrected chi connectivity index (χ1v) is 24.9. The number of aromatic nitrogens is 2. The van der Waals surface area contributed by atoms with E-state index in [0.717, 1.165) is 78.9 Å². The summed E-state index contributed by atoms with van der Waals surface area (Å²) < 4.78 is 4.76. The minimum Gasteiger partial charge on any atom is -0.328 e. The van der Waals surface area contributed by atoms with E-state index >= 15 is 0 Å². The third-order valence-electron chi connectivity index (χ3n) is 14.8. The molecule has 2 aromatic heterocycles. The van der Waals surface area contributed by atoms with Crippen molar-refractivity contribution < 1.29 is 4.79 Å². The van der Waals surface area contributed by atoms with Gasteiger partial charge in [0.25, 0.3) is 0 Å². The van der Waals surface area contributed by atoms with Crippen molar-refractivity contribution in [3.63, 3.8) is 0 Å². The lowest BCUT2D eigenvalue weighted by atomic mass is 9.84. The number of nitrogens with zero attached hydrogens (tertiary/aromatic N) is 2. The van der Waals surface area contributed by atoms with Crippen molar-refractivity contribution in [1.82, 2.24) is 9.13 Å². The van der Waals surface area contributed by atoms with E-state index in [2.05, 4.69) is 263 Å². The van der Waals surface area contributed by atoms with Gasteiger partial charge in [-0.05, 0) is 150 Å². The maximum absolute atomic E-state index is 12.2. The molecule has 0 fully saturated rings. The molecule has 0 atom stereocenters. The van der Waals surface area contributed by atoms with Crippen LogP contribution in [0.2, 0.25) is 0 Å². The molecule has 0 aliphatic carbocycles. The summed E-state index contributed by atoms with van der Waals surface area (Å²) in [7, 11) is 0. The second-order valence-electron chi connectivity index (χ2n) is 18.8. The van der Waals surface area contributed by atoms with E-state index < -0.39 is 0 Å². The van der Waals surface area contributed by atoms with E-state index in [0.29, 0.717) is 0 Å². The average molecular weight is 932 g/mol. The zero-order valence-electron chi connectivity index (χ0n) is 39.7. The van der Waals surface area contributed by atoms with Crippen LogP contribution < -0.4 is 5.32 Å². The third kappa shape index (κ3) is 6.87. The molecule has 14 rings (SSSR count). The second kappa shape index (κ2) is 17.3. The fraction of sp³-hybridized carbons (Fsp3) is 0. The molecule has 0 aliphatic heterocycles. The van der Waals surface area contributed by atoms with Gasteiger partial charge < -0.3 is 14.5 Å². The molecule has 4 heteroatoms. The van der Waals surface area contributed by atoms with Crippen molar-refractivity contribution in [3.05, 3.63) is 261 Å². The molecular formula is C69H45N3O. The molecule has 12 aromatic carbocycles. The molecule has 4 nitrogen and oxygen atoms in total. The van der Waals surface area contributed by atoms with Crippen LogP contribution in [0.4, 0.5) is 5.69 Å². The molecule has 0 spiro atoms. The smallest absolute Gasteiger partial charge is 0.211 e. The third-order valence-corrected chi connectivity index (χ3v) is 14.8. The molecule has 2 heterocycles. The molecule has 0 saturated carbocycles. The van der Waals surface area contributed by atoms with Crippen molar-refractivity contribution >= 4 is 77.3 Å². The topological polar surface area (TPSA) is 39.0 Å². The van der Waals surface area contributed by atoms with Crippen molar-refractivity contribution in [2.75, 3.05) is 5.32 Å². The van der Waals surface area contributed by atoms with Crippen LogP contribution in [0.25, 0.3) is 132 Å². The Balaban J connectivity index is 1.04. The van der Waals surface area contributed by atoms with Gasteiger partial charge >= 0.3 is 0 Å². The SMILES string of the molecule is O=CNc1ccc(-c2ccc3c(-c4ccc5c(c4)c4ccccc4n5-c4ccccc4)c4ccccc4c(-c4ccc5c(c4)c4ccccc4n5-c4ccccc4)c3c2)cc1-c1ccccc1-c1ccccc1. The summed E-state index contributed by atoms with van der Waals surface area (Å²) in [4.78, 5) is 12.2. The van der Waals surface area contributed by atoms with Crippen LogP contribution in [0, 0.1) is 0 Å². The van der Waals surface area contributed by atoms with E-state index in [1.54, 1.807) is 0 Å². The molecule has 14 aromatic rings. The van der Waals surface area contributed by atoms with Gasteiger partial charge in [0.1, 0.15) is 0 Å². The lowest BCUT2D eigenvalue weighted by Crippen LogP contribution is -1.98. The summed E-state index contributed by atoms with van der Waals surface area (Å²) in [6.07, 6.45) is 0.767. The maximum atomic E-state index is 12.2. The summed E-state index contributed by atoms with van der Waals surface area (Å²) >= 11 is 0. The van der Waals surface area contributed by atoms with Gasteiger partial charge in [0.15, 0.2) is 0 Å². The predicted octanol–water partition coefficient (Wildman–Crippen LogP) is 18.1. The van der Waals surface area contributed by atoms with Gasteiger partial charge in [-0.15, -0.1) is 0 Å². The summed E-state index contributed by atoms with van der Waals surface area (Å²) in [6, 6.07) is 94.2. The van der Waals surface area contributed by atoms with E-state index in [1.165, 1.54) is 65.4 Å². The number of amides is 1. The van der Waals surface area contributed by atoms with E-state index in [4.69, 9.17) is 0 Å². The number of rotatable bonds is 9. The van der Waals surface area contributed by atoms with Gasteiger partial charge in [-0.3, -0.25) is 4.79 Å². The lowest BCUT2D eigenvalue weighted by Gasteiger charge is -2.20. The van der Waals surface area contributed by atoms with Gasteiger partial charge in [-0.2, -0.15) is 0 Å². The van der Waals surface area contributed by atoms with E-state index in [9.17, 15) is 4.79 Å². The van der Waals surface area contributed by atoms with Crippen molar-refractivity contribution in [3.8, 4) is 67.0 Å². The average Bonchev–Trinajstić information content (AvgIpc) is 3.97. The van der Waals surface area contributed by atoms with Gasteiger partial charge in [0.2, 0.25) is 6.41 Å². The molecule has 342 valence electrons. The number of carbonyl (C=O) groups is 1. The molecule has 0 aliphatic rings. The number of carbonyl (C=O) groups excluding carboxylic acids is 1. The summed E-state index contributed by atoms with van der Waals surface area (Å²) in [5, 5.41) is 12.6. The van der Waals surface area contributed by atoms with Gasteiger partial charge in [0, 0.05) is 44.2 Å². The molecule has 1 N–H and O–H groups in total. The zero-order chi connectivity index (χ0) is 48.4. The minimum absolute atomic E-state index is 0.754. The lowest BCUT2D eigenvalue weighted by molar-refractivity contribution is -0.105. The van der Waals surface area contributed by atoms with Gasteiger partial charge in [0.05, 0.1) is 22.1 Å². The largest absolute Gasteiger partial charge is 0.328 e. The number of para-hydroxylation sites is 4. The van der Waals surface area contributed by atoms with Crippen LogP contribution in [0.5, 0.6) is 0 Å². The minimum atomic E-state index is 0.754. The first kappa shape index (κ1) is 42.1. The number of benzene rings is 12. The Morgan fingerprint density at radius 1 is 0.274 bits per heavy atom. The standard InChI is InChI=1S/C69H45N3O/c73-44-70-63-37-33-47(40-59(63)53-25-11-10-24-52(53)45-18-4-1-5-19-45)46-32-36-58-62(41-46)69(49-35-39-67-61(43-49)55-27-15-17-31-65(55)72(67)51-22-8-3-9-23-51)57-29-13-12-28-56(57)68(58)48-34-38-66-60(42-48)54-26-14-16-30-64(54)71(66)50-20-6-2-7-21-50/h1-44H,(H,70,73). The summed E-state index contributed by atoms with van der Waals surface area (Å²) in [6.45, 7) is 0. The molecule has 73 heavy (non-hydrogen) atoms. The van der Waals surface area contributed by atoms with Crippen molar-refractivity contribution in [2.45, 2.75) is 0 Å². The monoisotopic (exact) mass is 931 g/mol. The Hall–Kier alpha value is -9.77. The number of hydrogen-bond acceptors (Lipinski definition) is 1. The zero-order valence-corrected chi connectivity index (χ0v) is 39.7. The highest BCUT2D eigenvalue weighted by Crippen LogP contribution is 2.48. The molecule has 0 bridgehead atoms. The first-order chi connectivity index (χ1) is 36.2. The van der Waals surface area contributed by atoms with Crippen LogP contribution in [-0.4, -0.2) is 15.5 Å². The highest BCUT2D eigenvalue weighted by Gasteiger charge is 2.22. The quantitative estimate of drug-likeness (QED) is 0.114. The van der Waals surface area contributed by atoms with Gasteiger partial charge in [-0.1, -0.05) is 182 Å². The van der Waals surface area contributed by atoms with Crippen LogP contribution in [0.3, 0.4) is 0 Å². The number of nitrogens with one attached hydrogen (secondary N) is 1. The Labute approximate surface area is 422 Å². The highest BCUT2D eigenvalue weighted by atomic mass is 16.1. The Bertz CT molecular complexity index is 4470. The number of fused-ring (bicyclic) bond motifs is 8. The number of anilines is 1. The normalized spacial score (nSPS) is 11.6. The Morgan fingerprint density at radius 2 is 0.685 bits per heavy atom. The molecule has 0 saturated heterocycles. The highest BCUT2D eigenvalue weighted by molar-refractivity contribution is 6.24. The number of hydrogen-bond donors (Lipinski definition) is 1. The molecule has 0 radical (unpaired) electrons. The van der Waals surface area contributed by atoms with Crippen LogP contribution >= 0.6 is 0 Å². The second-order valence-corrected chi connectivity index (χ2v) is 18.8. The van der Waals surface area contributed by atoms with Crippen molar-refractivity contribution in [1.29, 1.82) is 0 Å². The van der Waals surface area contributed by atoms with Gasteiger partial charge in [-0.25, -0.2) is 0 Å². The van der Waals surface area contributed by atoms with E-state index in [1.807, 2.05) is 12.1 Å². The van der Waals surface area contributed by atoms with Crippen LogP contribution in [0.1, 0.15) is 0 Å². The first-order valence-electron chi connectivity index (χ1n) is 24.9. The summed E-state index contributed by atoms with van der Waals surface area (Å²) in [5.74, 6) is 0.